The van der Waals surface area contributed by atoms with Gasteiger partial charge in [0.15, 0.2) is 6.29 Å². The van der Waals surface area contributed by atoms with Gasteiger partial charge in [0.05, 0.1) is 23.3 Å². The number of carbonyl (C=O) groups excluding carboxylic acids is 2. The van der Waals surface area contributed by atoms with Crippen LogP contribution in [0, 0.1) is 17.1 Å². The Kier molecular flexibility index (Phi) is 3.72. The Morgan fingerprint density at radius 3 is 2.81 bits per heavy atom. The van der Waals surface area contributed by atoms with Crippen molar-refractivity contribution in [1.82, 2.24) is 0 Å². The van der Waals surface area contributed by atoms with Gasteiger partial charge in [-0.2, -0.15) is 5.26 Å². The van der Waals surface area contributed by atoms with E-state index in [0.29, 0.717) is 0 Å². The van der Waals surface area contributed by atoms with Gasteiger partial charge in [-0.1, -0.05) is 0 Å². The number of nitriles is 1. The van der Waals surface area contributed by atoms with Gasteiger partial charge in [-0.3, -0.25) is 4.79 Å². The fourth-order valence-corrected chi connectivity index (χ4v) is 1.23. The van der Waals surface area contributed by atoms with Gasteiger partial charge in [-0.15, -0.1) is 0 Å². The summed E-state index contributed by atoms with van der Waals surface area (Å²) in [7, 11) is 0. The molecule has 0 saturated carbocycles. The monoisotopic (exact) mass is 221 g/mol. The lowest BCUT2D eigenvalue weighted by Crippen LogP contribution is -2.11. The second kappa shape index (κ2) is 5.03. The zero-order valence-corrected chi connectivity index (χ0v) is 8.49. The maximum atomic E-state index is 13.2. The van der Waals surface area contributed by atoms with Crippen molar-refractivity contribution in [2.75, 3.05) is 6.61 Å². The summed E-state index contributed by atoms with van der Waals surface area (Å²) in [6, 6.07) is 3.81. The predicted molar refractivity (Wildman–Crippen MR) is 52.5 cm³/mol. The molecule has 0 bridgehead atoms. The van der Waals surface area contributed by atoms with Crippen LogP contribution in [-0.2, 0) is 4.74 Å². The van der Waals surface area contributed by atoms with Crippen LogP contribution in [0.25, 0.3) is 0 Å². The first-order valence-corrected chi connectivity index (χ1v) is 4.50. The zero-order valence-electron chi connectivity index (χ0n) is 8.49. The standard InChI is InChI=1S/C11H8FNO3/c1-2-16-11(15)10-7(5-13)3-4-9(12)8(10)6-14/h3-4,6H,2H2,1H3. The smallest absolute Gasteiger partial charge is 0.340 e. The SMILES string of the molecule is CCOC(=O)c1c(C#N)ccc(F)c1C=O. The quantitative estimate of drug-likeness (QED) is 0.575. The lowest BCUT2D eigenvalue weighted by atomic mass is 10.0. The Balaban J connectivity index is 3.43. The summed E-state index contributed by atoms with van der Waals surface area (Å²) in [4.78, 5) is 22.1. The molecular formula is C11H8FNO3. The second-order valence-corrected chi connectivity index (χ2v) is 2.83. The third-order valence-corrected chi connectivity index (χ3v) is 1.91. The number of hydrogen-bond donors (Lipinski definition) is 0. The van der Waals surface area contributed by atoms with Crippen LogP contribution in [0.4, 0.5) is 4.39 Å². The third-order valence-electron chi connectivity index (χ3n) is 1.91. The number of ether oxygens (including phenoxy) is 1. The van der Waals surface area contributed by atoms with Crippen molar-refractivity contribution >= 4 is 12.3 Å². The van der Waals surface area contributed by atoms with E-state index in [1.807, 2.05) is 0 Å². The van der Waals surface area contributed by atoms with E-state index in [9.17, 15) is 14.0 Å². The molecule has 0 aliphatic heterocycles. The van der Waals surface area contributed by atoms with E-state index in [0.717, 1.165) is 12.1 Å². The summed E-state index contributed by atoms with van der Waals surface area (Å²) in [6.45, 7) is 1.66. The maximum Gasteiger partial charge on any atom is 0.340 e. The maximum absolute atomic E-state index is 13.2. The lowest BCUT2D eigenvalue weighted by Gasteiger charge is -2.06. The van der Waals surface area contributed by atoms with E-state index in [1.165, 1.54) is 0 Å². The van der Waals surface area contributed by atoms with Crippen LogP contribution >= 0.6 is 0 Å². The van der Waals surface area contributed by atoms with Gasteiger partial charge in [0, 0.05) is 0 Å². The molecule has 0 radical (unpaired) electrons. The molecule has 0 unspecified atom stereocenters. The van der Waals surface area contributed by atoms with Crippen molar-refractivity contribution in [3.63, 3.8) is 0 Å². The van der Waals surface area contributed by atoms with Gasteiger partial charge >= 0.3 is 5.97 Å². The number of hydrogen-bond acceptors (Lipinski definition) is 4. The van der Waals surface area contributed by atoms with E-state index in [-0.39, 0.29) is 24.0 Å². The summed E-state index contributed by atoms with van der Waals surface area (Å²) in [5, 5.41) is 8.75. The second-order valence-electron chi connectivity index (χ2n) is 2.83. The van der Waals surface area contributed by atoms with E-state index in [4.69, 9.17) is 5.26 Å². The van der Waals surface area contributed by atoms with Crippen LogP contribution in [0.1, 0.15) is 33.2 Å². The molecule has 0 amide bonds. The van der Waals surface area contributed by atoms with Gasteiger partial charge < -0.3 is 4.74 Å². The normalized spacial score (nSPS) is 9.31. The minimum atomic E-state index is -0.874. The molecule has 0 N–H and O–H groups in total. The predicted octanol–water partition coefficient (Wildman–Crippen LogP) is 1.69. The molecule has 0 aliphatic carbocycles. The van der Waals surface area contributed by atoms with Gasteiger partial charge in [0.25, 0.3) is 0 Å². The van der Waals surface area contributed by atoms with Crippen LogP contribution in [0.5, 0.6) is 0 Å². The summed E-state index contributed by atoms with van der Waals surface area (Å²) in [5.74, 6) is -1.72. The minimum Gasteiger partial charge on any atom is -0.462 e. The highest BCUT2D eigenvalue weighted by atomic mass is 19.1. The fourth-order valence-electron chi connectivity index (χ4n) is 1.23. The first-order chi connectivity index (χ1) is 7.65. The van der Waals surface area contributed by atoms with Crippen molar-refractivity contribution < 1.29 is 18.7 Å². The number of halogens is 1. The largest absolute Gasteiger partial charge is 0.462 e. The number of carbonyl (C=O) groups is 2. The van der Waals surface area contributed by atoms with Crippen LogP contribution in [0.15, 0.2) is 12.1 Å². The Hall–Kier alpha value is -2.22. The summed E-state index contributed by atoms with van der Waals surface area (Å²) < 4.78 is 17.9. The van der Waals surface area contributed by atoms with Crippen molar-refractivity contribution in [3.8, 4) is 6.07 Å². The Labute approximate surface area is 91.3 Å². The molecule has 0 spiro atoms. The van der Waals surface area contributed by atoms with E-state index in [2.05, 4.69) is 4.74 Å². The van der Waals surface area contributed by atoms with Gasteiger partial charge in [-0.25, -0.2) is 9.18 Å². The molecule has 0 heterocycles. The number of aldehydes is 1. The Morgan fingerprint density at radius 1 is 1.62 bits per heavy atom. The number of rotatable bonds is 3. The molecule has 4 nitrogen and oxygen atoms in total. The molecule has 16 heavy (non-hydrogen) atoms. The van der Waals surface area contributed by atoms with E-state index < -0.39 is 17.3 Å². The fraction of sp³-hybridized carbons (Fsp3) is 0.182. The number of nitrogens with zero attached hydrogens (tertiary/aromatic N) is 1. The highest BCUT2D eigenvalue weighted by molar-refractivity contribution is 6.00. The van der Waals surface area contributed by atoms with Crippen LogP contribution in [0.2, 0.25) is 0 Å². The molecule has 0 aromatic heterocycles. The van der Waals surface area contributed by atoms with Crippen molar-refractivity contribution in [1.29, 1.82) is 5.26 Å². The van der Waals surface area contributed by atoms with Gasteiger partial charge in [0.1, 0.15) is 11.9 Å². The van der Waals surface area contributed by atoms with E-state index in [1.54, 1.807) is 13.0 Å². The molecule has 0 fully saturated rings. The molecule has 0 saturated heterocycles. The average molecular weight is 221 g/mol. The topological polar surface area (TPSA) is 67.2 Å². The third kappa shape index (κ3) is 2.06. The Bertz CT molecular complexity index is 477. The summed E-state index contributed by atoms with van der Waals surface area (Å²) in [6.07, 6.45) is 0.197. The lowest BCUT2D eigenvalue weighted by molar-refractivity contribution is 0.0523. The molecule has 1 aromatic rings. The number of benzene rings is 1. The average Bonchev–Trinajstić information content (AvgIpc) is 2.28. The van der Waals surface area contributed by atoms with Crippen LogP contribution in [-0.4, -0.2) is 18.9 Å². The van der Waals surface area contributed by atoms with E-state index >= 15 is 0 Å². The highest BCUT2D eigenvalue weighted by Crippen LogP contribution is 2.17. The molecule has 82 valence electrons. The van der Waals surface area contributed by atoms with Crippen molar-refractivity contribution in [2.45, 2.75) is 6.92 Å². The minimum absolute atomic E-state index is 0.0815. The van der Waals surface area contributed by atoms with Crippen LogP contribution < -0.4 is 0 Å². The molecule has 1 rings (SSSR count). The molecule has 0 aliphatic rings. The highest BCUT2D eigenvalue weighted by Gasteiger charge is 2.20. The summed E-state index contributed by atoms with van der Waals surface area (Å²) >= 11 is 0. The van der Waals surface area contributed by atoms with Gasteiger partial charge in [-0.05, 0) is 19.1 Å². The Morgan fingerprint density at radius 2 is 2.31 bits per heavy atom. The first kappa shape index (κ1) is 11.9. The van der Waals surface area contributed by atoms with Crippen molar-refractivity contribution in [3.05, 3.63) is 34.6 Å². The zero-order chi connectivity index (χ0) is 12.1. The molecule has 0 atom stereocenters. The number of esters is 1. The molecule has 5 heteroatoms. The van der Waals surface area contributed by atoms with Crippen molar-refractivity contribution in [2.24, 2.45) is 0 Å². The first-order valence-electron chi connectivity index (χ1n) is 4.50. The molecule has 1 aromatic carbocycles. The van der Waals surface area contributed by atoms with Gasteiger partial charge in [0.2, 0.25) is 0 Å². The summed E-state index contributed by atoms with van der Waals surface area (Å²) in [5.41, 5.74) is -0.848. The molecular weight excluding hydrogens is 213 g/mol. The van der Waals surface area contributed by atoms with Crippen LogP contribution in [0.3, 0.4) is 0 Å².